The van der Waals surface area contributed by atoms with Gasteiger partial charge < -0.3 is 13.9 Å². The molecule has 1 atom stereocenters. The number of rotatable bonds is 9. The number of anilines is 1. The molecule has 1 amide bonds. The summed E-state index contributed by atoms with van der Waals surface area (Å²) in [5.74, 6) is -0.306. The Labute approximate surface area is 230 Å². The average molecular weight is 544 g/mol. The molecule has 1 aromatic heterocycles. The minimum Gasteiger partial charge on any atom is -0.490 e. The second-order valence-electron chi connectivity index (χ2n) is 9.10. The van der Waals surface area contributed by atoms with E-state index in [1.165, 1.54) is 4.90 Å². The molecule has 198 valence electrons. The van der Waals surface area contributed by atoms with Crippen LogP contribution >= 0.6 is 11.6 Å². The lowest BCUT2D eigenvalue weighted by atomic mass is 9.98. The van der Waals surface area contributed by atoms with Crippen LogP contribution in [-0.4, -0.2) is 25.1 Å². The van der Waals surface area contributed by atoms with E-state index in [0.717, 1.165) is 12.8 Å². The zero-order chi connectivity index (χ0) is 27.5. The number of nitrogens with zero attached hydrogens (tertiary/aromatic N) is 1. The Bertz CT molecular complexity index is 1610. The molecule has 0 aliphatic carbocycles. The minimum atomic E-state index is -0.775. The monoisotopic (exact) mass is 543 g/mol. The van der Waals surface area contributed by atoms with Crippen LogP contribution in [0.25, 0.3) is 11.0 Å². The number of ether oxygens (including phenoxy) is 2. The van der Waals surface area contributed by atoms with Crippen molar-refractivity contribution in [3.8, 4) is 5.75 Å². The van der Waals surface area contributed by atoms with E-state index in [1.807, 2.05) is 6.92 Å². The van der Waals surface area contributed by atoms with Gasteiger partial charge in [0.05, 0.1) is 29.2 Å². The van der Waals surface area contributed by atoms with Crippen molar-refractivity contribution in [3.63, 3.8) is 0 Å². The number of fused-ring (bicyclic) bond motifs is 2. The first-order valence-corrected chi connectivity index (χ1v) is 13.0. The topological polar surface area (TPSA) is 86.0 Å². The summed E-state index contributed by atoms with van der Waals surface area (Å²) in [6, 6.07) is 17.6. The number of amides is 1. The third-order valence-electron chi connectivity index (χ3n) is 6.51. The largest absolute Gasteiger partial charge is 0.490 e. The molecule has 0 saturated carbocycles. The Hall–Kier alpha value is -4.36. The standard InChI is InChI=1S/C31H26ClNO6/c1-3-5-17-38-31(36)20-6-11-22(12-7-20)33-27(19-8-13-23(14-9-19)37-16-4-2)26-28(34)24-18-21(32)10-15-25(24)39-29(26)30(33)35/h4,6-15,18,27H,2-3,5,16-17H2,1H3. The van der Waals surface area contributed by atoms with Crippen molar-refractivity contribution in [3.05, 3.63) is 117 Å². The summed E-state index contributed by atoms with van der Waals surface area (Å²) < 4.78 is 16.9. The summed E-state index contributed by atoms with van der Waals surface area (Å²) in [7, 11) is 0. The molecule has 0 bridgehead atoms. The lowest BCUT2D eigenvalue weighted by Crippen LogP contribution is -2.29. The lowest BCUT2D eigenvalue weighted by Gasteiger charge is -2.25. The van der Waals surface area contributed by atoms with Crippen LogP contribution in [0.4, 0.5) is 5.69 Å². The maximum atomic E-state index is 13.8. The van der Waals surface area contributed by atoms with Gasteiger partial charge in [0, 0.05) is 10.7 Å². The van der Waals surface area contributed by atoms with Gasteiger partial charge in [-0.3, -0.25) is 14.5 Å². The number of hydrogen-bond donors (Lipinski definition) is 0. The van der Waals surface area contributed by atoms with Gasteiger partial charge >= 0.3 is 5.97 Å². The molecule has 8 heteroatoms. The zero-order valence-electron chi connectivity index (χ0n) is 21.3. The van der Waals surface area contributed by atoms with E-state index < -0.39 is 17.9 Å². The van der Waals surface area contributed by atoms with Crippen LogP contribution in [0.1, 0.15) is 57.8 Å². The van der Waals surface area contributed by atoms with Gasteiger partial charge in [-0.1, -0.05) is 49.7 Å². The number of halogens is 1. The summed E-state index contributed by atoms with van der Waals surface area (Å²) >= 11 is 6.17. The minimum absolute atomic E-state index is 0.0325. The molecule has 0 fully saturated rings. The quantitative estimate of drug-likeness (QED) is 0.132. The number of carbonyl (C=O) groups is 2. The van der Waals surface area contributed by atoms with Crippen LogP contribution in [0.5, 0.6) is 5.75 Å². The second-order valence-corrected chi connectivity index (χ2v) is 9.53. The molecule has 1 aliphatic rings. The van der Waals surface area contributed by atoms with E-state index in [4.69, 9.17) is 25.5 Å². The van der Waals surface area contributed by atoms with Crippen molar-refractivity contribution in [2.24, 2.45) is 0 Å². The molecule has 0 radical (unpaired) electrons. The van der Waals surface area contributed by atoms with E-state index in [9.17, 15) is 14.4 Å². The van der Waals surface area contributed by atoms with E-state index in [1.54, 1.807) is 72.8 Å². The van der Waals surface area contributed by atoms with E-state index >= 15 is 0 Å². The molecule has 7 nitrogen and oxygen atoms in total. The highest BCUT2D eigenvalue weighted by Crippen LogP contribution is 2.41. The Kier molecular flexibility index (Phi) is 7.52. The molecule has 2 heterocycles. The Morgan fingerprint density at radius 3 is 2.51 bits per heavy atom. The van der Waals surface area contributed by atoms with Gasteiger partial charge in [-0.05, 0) is 66.6 Å². The second kappa shape index (κ2) is 11.2. The molecule has 0 saturated heterocycles. The first kappa shape index (κ1) is 26.3. The molecular weight excluding hydrogens is 518 g/mol. The van der Waals surface area contributed by atoms with E-state index in [0.29, 0.717) is 40.8 Å². The summed E-state index contributed by atoms with van der Waals surface area (Å²) in [6.45, 7) is 6.36. The van der Waals surface area contributed by atoms with Gasteiger partial charge in [-0.25, -0.2) is 4.79 Å². The van der Waals surface area contributed by atoms with Crippen LogP contribution in [0.3, 0.4) is 0 Å². The van der Waals surface area contributed by atoms with E-state index in [2.05, 4.69) is 6.58 Å². The van der Waals surface area contributed by atoms with Gasteiger partial charge in [-0.15, -0.1) is 0 Å². The Balaban J connectivity index is 1.59. The molecule has 4 aromatic rings. The third-order valence-corrected chi connectivity index (χ3v) is 6.74. The lowest BCUT2D eigenvalue weighted by molar-refractivity contribution is 0.0499. The molecule has 3 aromatic carbocycles. The highest BCUT2D eigenvalue weighted by molar-refractivity contribution is 6.31. The van der Waals surface area contributed by atoms with Crippen LogP contribution in [0, 0.1) is 0 Å². The average Bonchev–Trinajstić information content (AvgIpc) is 3.25. The molecular formula is C31H26ClNO6. The first-order valence-electron chi connectivity index (χ1n) is 12.6. The van der Waals surface area contributed by atoms with Crippen molar-refractivity contribution >= 4 is 40.1 Å². The summed E-state index contributed by atoms with van der Waals surface area (Å²) in [6.07, 6.45) is 3.34. The molecule has 39 heavy (non-hydrogen) atoms. The number of hydrogen-bond acceptors (Lipinski definition) is 6. The molecule has 0 spiro atoms. The van der Waals surface area contributed by atoms with Crippen molar-refractivity contribution in [1.29, 1.82) is 0 Å². The number of esters is 1. The smallest absolute Gasteiger partial charge is 0.338 e. The summed E-state index contributed by atoms with van der Waals surface area (Å²) in [5.41, 5.74) is 1.71. The van der Waals surface area contributed by atoms with Crippen molar-refractivity contribution in [1.82, 2.24) is 0 Å². The fraction of sp³-hybridized carbons (Fsp3) is 0.194. The van der Waals surface area contributed by atoms with Crippen molar-refractivity contribution in [2.75, 3.05) is 18.1 Å². The zero-order valence-corrected chi connectivity index (χ0v) is 22.1. The maximum absolute atomic E-state index is 13.8. The first-order chi connectivity index (χ1) is 18.9. The molecule has 1 unspecified atom stereocenters. The SMILES string of the molecule is C=CCOc1ccc(C2c3c(oc4ccc(Cl)cc4c3=O)C(=O)N2c2ccc(C(=O)OCCCC)cc2)cc1. The van der Waals surface area contributed by atoms with Crippen LogP contribution < -0.4 is 15.1 Å². The highest BCUT2D eigenvalue weighted by Gasteiger charge is 2.43. The fourth-order valence-electron chi connectivity index (χ4n) is 4.58. The summed E-state index contributed by atoms with van der Waals surface area (Å²) in [4.78, 5) is 41.5. The third kappa shape index (κ3) is 5.05. The van der Waals surface area contributed by atoms with E-state index in [-0.39, 0.29) is 27.7 Å². The predicted molar refractivity (Wildman–Crippen MR) is 150 cm³/mol. The number of unbranched alkanes of at least 4 members (excludes halogenated alkanes) is 1. The Morgan fingerprint density at radius 2 is 1.82 bits per heavy atom. The highest BCUT2D eigenvalue weighted by atomic mass is 35.5. The summed E-state index contributed by atoms with van der Waals surface area (Å²) in [5, 5.41) is 0.676. The normalized spacial score (nSPS) is 14.4. The number of benzene rings is 3. The van der Waals surface area contributed by atoms with Crippen LogP contribution in [0.15, 0.2) is 88.6 Å². The Morgan fingerprint density at radius 1 is 1.08 bits per heavy atom. The molecule has 5 rings (SSSR count). The van der Waals surface area contributed by atoms with Gasteiger partial charge in [0.2, 0.25) is 5.76 Å². The predicted octanol–water partition coefficient (Wildman–Crippen LogP) is 6.72. The van der Waals surface area contributed by atoms with Gasteiger partial charge in [-0.2, -0.15) is 0 Å². The van der Waals surface area contributed by atoms with Crippen LogP contribution in [-0.2, 0) is 4.74 Å². The van der Waals surface area contributed by atoms with Crippen molar-refractivity contribution in [2.45, 2.75) is 25.8 Å². The maximum Gasteiger partial charge on any atom is 0.338 e. The van der Waals surface area contributed by atoms with Gasteiger partial charge in [0.15, 0.2) is 5.43 Å². The van der Waals surface area contributed by atoms with Gasteiger partial charge in [0.1, 0.15) is 17.9 Å². The number of carbonyl (C=O) groups excluding carboxylic acids is 2. The van der Waals surface area contributed by atoms with Gasteiger partial charge in [0.25, 0.3) is 5.91 Å². The molecule has 1 aliphatic heterocycles. The van der Waals surface area contributed by atoms with Crippen molar-refractivity contribution < 1.29 is 23.5 Å². The van der Waals surface area contributed by atoms with Crippen LogP contribution in [0.2, 0.25) is 5.02 Å². The fourth-order valence-corrected chi connectivity index (χ4v) is 4.75. The molecule has 0 N–H and O–H groups in total.